The van der Waals surface area contributed by atoms with E-state index < -0.39 is 18.1 Å². The third-order valence-corrected chi connectivity index (χ3v) is 11.3. The van der Waals surface area contributed by atoms with Gasteiger partial charge < -0.3 is 28.6 Å². The molecule has 0 bridgehead atoms. The zero-order valence-corrected chi connectivity index (χ0v) is 39.4. The van der Waals surface area contributed by atoms with E-state index in [1.165, 1.54) is 154 Å². The Kier molecular flexibility index (Phi) is 40.9. The molecule has 0 rings (SSSR count). The second-order valence-electron chi connectivity index (χ2n) is 18.1. The quantitative estimate of drug-likeness (QED) is 0.0260. The fraction of sp³-hybridized carbons (Fsp3) is 0.863. The zero-order valence-electron chi connectivity index (χ0n) is 39.4. The molecule has 0 aliphatic carbocycles. The van der Waals surface area contributed by atoms with Crippen LogP contribution in [0.1, 0.15) is 232 Å². The minimum Gasteiger partial charge on any atom is -0.544 e. The van der Waals surface area contributed by atoms with E-state index in [0.29, 0.717) is 12.8 Å². The van der Waals surface area contributed by atoms with Gasteiger partial charge >= 0.3 is 11.9 Å². The van der Waals surface area contributed by atoms with Crippen LogP contribution in [0.5, 0.6) is 0 Å². The van der Waals surface area contributed by atoms with E-state index in [4.69, 9.17) is 14.2 Å². The van der Waals surface area contributed by atoms with Crippen LogP contribution in [0.3, 0.4) is 0 Å². The van der Waals surface area contributed by atoms with Crippen molar-refractivity contribution in [2.45, 2.75) is 244 Å². The predicted octanol–water partition coefficient (Wildman–Crippen LogP) is 12.7. The van der Waals surface area contributed by atoms with E-state index >= 15 is 0 Å². The number of ether oxygens (including phenoxy) is 3. The Morgan fingerprint density at radius 3 is 1.34 bits per heavy atom. The summed E-state index contributed by atoms with van der Waals surface area (Å²) in [6.45, 7) is 4.67. The standard InChI is InChI=1S/C51H95NO7/c1-6-8-10-12-14-16-18-20-22-24-25-26-28-30-32-34-36-38-40-42-50(54)59-47(45-57-44-43-48(51(55)56)52(3,4)5)46-58-49(53)41-39-37-35-33-31-29-27-23-21-19-17-15-13-11-9-7-2/h14,16,20,22,47-48H,6-13,15,17-19,21,23-46H2,1-5H3/b16-14-,22-20-. The zero-order chi connectivity index (χ0) is 43.5. The summed E-state index contributed by atoms with van der Waals surface area (Å²) in [6, 6.07) is -0.724. The minimum absolute atomic E-state index is 0.0435. The van der Waals surface area contributed by atoms with Crippen molar-refractivity contribution in [2.24, 2.45) is 0 Å². The van der Waals surface area contributed by atoms with Gasteiger partial charge in [0.2, 0.25) is 0 Å². The third kappa shape index (κ3) is 41.0. The number of hydrogen-bond acceptors (Lipinski definition) is 7. The molecule has 0 radical (unpaired) electrons. The molecule has 2 unspecified atom stereocenters. The van der Waals surface area contributed by atoms with Crippen molar-refractivity contribution in [3.05, 3.63) is 24.3 Å². The van der Waals surface area contributed by atoms with Crippen LogP contribution in [0, 0.1) is 0 Å². The molecule has 0 N–H and O–H groups in total. The van der Waals surface area contributed by atoms with Crippen LogP contribution in [-0.2, 0) is 28.6 Å². The number of carboxylic acids is 1. The number of rotatable bonds is 45. The highest BCUT2D eigenvalue weighted by Gasteiger charge is 2.25. The molecule has 0 amide bonds. The van der Waals surface area contributed by atoms with Crippen molar-refractivity contribution < 1.29 is 38.2 Å². The molecule has 0 aromatic carbocycles. The molecule has 0 saturated carbocycles. The highest BCUT2D eigenvalue weighted by atomic mass is 16.6. The molecule has 2 atom stereocenters. The summed E-state index contributed by atoms with van der Waals surface area (Å²) in [5.74, 6) is -1.72. The van der Waals surface area contributed by atoms with Gasteiger partial charge in [0, 0.05) is 19.3 Å². The van der Waals surface area contributed by atoms with E-state index in [0.717, 1.165) is 44.9 Å². The predicted molar refractivity (Wildman–Crippen MR) is 245 cm³/mol. The lowest BCUT2D eigenvalue weighted by atomic mass is 10.0. The van der Waals surface area contributed by atoms with Crippen LogP contribution in [0.25, 0.3) is 0 Å². The van der Waals surface area contributed by atoms with Crippen LogP contribution in [0.2, 0.25) is 0 Å². The number of allylic oxidation sites excluding steroid dienone is 4. The Morgan fingerprint density at radius 1 is 0.508 bits per heavy atom. The Morgan fingerprint density at radius 2 is 0.898 bits per heavy atom. The molecular formula is C51H95NO7. The summed E-state index contributed by atoms with van der Waals surface area (Å²) in [5.41, 5.74) is 0. The van der Waals surface area contributed by atoms with Gasteiger partial charge in [0.15, 0.2) is 6.10 Å². The largest absolute Gasteiger partial charge is 0.544 e. The van der Waals surface area contributed by atoms with Crippen LogP contribution in [0.15, 0.2) is 24.3 Å². The number of unbranched alkanes of at least 4 members (excludes halogenated alkanes) is 27. The third-order valence-electron chi connectivity index (χ3n) is 11.3. The average Bonchev–Trinajstić information content (AvgIpc) is 3.19. The number of quaternary nitrogens is 1. The first-order valence-corrected chi connectivity index (χ1v) is 24.9. The van der Waals surface area contributed by atoms with Gasteiger partial charge in [0.05, 0.1) is 40.3 Å². The summed E-state index contributed by atoms with van der Waals surface area (Å²) in [7, 11) is 5.42. The van der Waals surface area contributed by atoms with E-state index in [-0.39, 0.29) is 42.7 Å². The molecule has 0 saturated heterocycles. The van der Waals surface area contributed by atoms with Crippen molar-refractivity contribution in [2.75, 3.05) is 41.0 Å². The first kappa shape index (κ1) is 56.8. The molecular weight excluding hydrogens is 739 g/mol. The Balaban J connectivity index is 4.25. The number of likely N-dealkylation sites (N-methyl/N-ethyl adjacent to an activating group) is 1. The second-order valence-corrected chi connectivity index (χ2v) is 18.1. The number of carbonyl (C=O) groups excluding carboxylic acids is 3. The Bertz CT molecular complexity index is 1020. The molecule has 0 fully saturated rings. The highest BCUT2D eigenvalue weighted by molar-refractivity contribution is 5.70. The molecule has 0 aliphatic rings. The number of carbonyl (C=O) groups is 3. The van der Waals surface area contributed by atoms with E-state index in [2.05, 4.69) is 38.2 Å². The minimum atomic E-state index is -1.12. The SMILES string of the molecule is CCCCC/C=C\C/C=C\CCCCCCCCCCCC(=O)OC(COCCC(C(=O)[O-])[N+](C)(C)C)COC(=O)CCCCCCCCCCCCCCCCCC. The summed E-state index contributed by atoms with van der Waals surface area (Å²) < 4.78 is 17.2. The summed E-state index contributed by atoms with van der Waals surface area (Å²) in [6.07, 6.45) is 47.7. The first-order valence-electron chi connectivity index (χ1n) is 24.9. The van der Waals surface area contributed by atoms with Crippen molar-refractivity contribution >= 4 is 17.9 Å². The van der Waals surface area contributed by atoms with Gasteiger partial charge in [-0.15, -0.1) is 0 Å². The van der Waals surface area contributed by atoms with Gasteiger partial charge in [-0.05, 0) is 44.9 Å². The molecule has 8 heteroatoms. The number of nitrogens with zero attached hydrogens (tertiary/aromatic N) is 1. The monoisotopic (exact) mass is 834 g/mol. The van der Waals surface area contributed by atoms with Crippen molar-refractivity contribution in [3.8, 4) is 0 Å². The van der Waals surface area contributed by atoms with Gasteiger partial charge in [-0.25, -0.2) is 0 Å². The summed E-state index contributed by atoms with van der Waals surface area (Å²) in [4.78, 5) is 37.0. The number of esters is 2. The van der Waals surface area contributed by atoms with Crippen molar-refractivity contribution in [1.82, 2.24) is 0 Å². The first-order chi connectivity index (χ1) is 28.6. The van der Waals surface area contributed by atoms with E-state index in [1.807, 2.05) is 0 Å². The average molecular weight is 834 g/mol. The molecule has 0 aromatic rings. The van der Waals surface area contributed by atoms with Gasteiger partial charge in [-0.2, -0.15) is 0 Å². The van der Waals surface area contributed by atoms with Crippen molar-refractivity contribution in [3.63, 3.8) is 0 Å². The number of hydrogen-bond donors (Lipinski definition) is 0. The van der Waals surface area contributed by atoms with Gasteiger partial charge in [-0.1, -0.05) is 192 Å². The second kappa shape index (κ2) is 42.5. The van der Waals surface area contributed by atoms with Crippen LogP contribution < -0.4 is 5.11 Å². The highest BCUT2D eigenvalue weighted by Crippen LogP contribution is 2.16. The van der Waals surface area contributed by atoms with Crippen LogP contribution in [0.4, 0.5) is 0 Å². The van der Waals surface area contributed by atoms with Crippen LogP contribution in [-0.4, -0.2) is 75.5 Å². The maximum atomic E-state index is 12.8. The summed E-state index contributed by atoms with van der Waals surface area (Å²) in [5, 5.41) is 11.6. The smallest absolute Gasteiger partial charge is 0.306 e. The Labute approximate surface area is 364 Å². The topological polar surface area (TPSA) is 102 Å². The van der Waals surface area contributed by atoms with E-state index in [1.54, 1.807) is 21.1 Å². The molecule has 8 nitrogen and oxygen atoms in total. The summed E-state index contributed by atoms with van der Waals surface area (Å²) >= 11 is 0. The molecule has 0 aliphatic heterocycles. The molecule has 0 heterocycles. The normalized spacial score (nSPS) is 13.0. The maximum absolute atomic E-state index is 12.8. The molecule has 0 spiro atoms. The molecule has 59 heavy (non-hydrogen) atoms. The molecule has 0 aromatic heterocycles. The Hall–Kier alpha value is -2.19. The fourth-order valence-corrected chi connectivity index (χ4v) is 7.46. The van der Waals surface area contributed by atoms with Gasteiger partial charge in [-0.3, -0.25) is 9.59 Å². The van der Waals surface area contributed by atoms with Gasteiger partial charge in [0.25, 0.3) is 0 Å². The van der Waals surface area contributed by atoms with E-state index in [9.17, 15) is 19.5 Å². The van der Waals surface area contributed by atoms with Crippen LogP contribution >= 0.6 is 0 Å². The van der Waals surface area contributed by atoms with Crippen molar-refractivity contribution in [1.29, 1.82) is 0 Å². The number of aliphatic carboxylic acids is 1. The van der Waals surface area contributed by atoms with Gasteiger partial charge in [0.1, 0.15) is 12.6 Å². The lowest BCUT2D eigenvalue weighted by Gasteiger charge is -2.34. The lowest BCUT2D eigenvalue weighted by molar-refractivity contribution is -0.889. The molecule has 346 valence electrons. The fourth-order valence-electron chi connectivity index (χ4n) is 7.46. The number of carboxylic acid groups (broad SMARTS) is 1. The lowest BCUT2D eigenvalue weighted by Crippen LogP contribution is -2.55. The maximum Gasteiger partial charge on any atom is 0.306 e.